The molecule has 20 heavy (non-hydrogen) atoms. The van der Waals surface area contributed by atoms with E-state index < -0.39 is 0 Å². The van der Waals surface area contributed by atoms with Crippen molar-refractivity contribution in [2.24, 2.45) is 0 Å². The summed E-state index contributed by atoms with van der Waals surface area (Å²) in [5, 5.41) is 3.48. The number of hydrogen-bond donors (Lipinski definition) is 1. The van der Waals surface area contributed by atoms with Crippen LogP contribution in [0.15, 0.2) is 36.4 Å². The van der Waals surface area contributed by atoms with E-state index in [9.17, 15) is 0 Å². The van der Waals surface area contributed by atoms with Crippen molar-refractivity contribution in [2.75, 3.05) is 13.7 Å². The lowest BCUT2D eigenvalue weighted by Gasteiger charge is -2.32. The molecular weight excluding hydrogens is 290 g/mol. The Morgan fingerprint density at radius 3 is 2.95 bits per heavy atom. The highest BCUT2D eigenvalue weighted by Crippen LogP contribution is 2.37. The van der Waals surface area contributed by atoms with Gasteiger partial charge in [0.15, 0.2) is 0 Å². The molecule has 2 nitrogen and oxygen atoms in total. The monoisotopic (exact) mass is 307 g/mol. The fourth-order valence-corrected chi connectivity index (χ4v) is 4.06. The summed E-state index contributed by atoms with van der Waals surface area (Å²) in [5.41, 5.74) is 1.32. The highest BCUT2D eigenvalue weighted by atomic mass is 35.5. The largest absolute Gasteiger partial charge is 0.493 e. The zero-order valence-electron chi connectivity index (χ0n) is 11.4. The van der Waals surface area contributed by atoms with Crippen LogP contribution in [0.1, 0.15) is 22.8 Å². The average molecular weight is 308 g/mol. The van der Waals surface area contributed by atoms with Gasteiger partial charge in [0, 0.05) is 16.8 Å². The van der Waals surface area contributed by atoms with Gasteiger partial charge in [0.1, 0.15) is 5.75 Å². The summed E-state index contributed by atoms with van der Waals surface area (Å²) in [6.07, 6.45) is 2.06. The summed E-state index contributed by atoms with van der Waals surface area (Å²) in [4.78, 5) is 1.33. The number of halogens is 1. The minimum absolute atomic E-state index is 0.412. The van der Waals surface area contributed by atoms with Gasteiger partial charge in [-0.25, -0.2) is 0 Å². The maximum absolute atomic E-state index is 6.03. The van der Waals surface area contributed by atoms with Gasteiger partial charge >= 0.3 is 0 Å². The SMILES string of the molecule is CNC(Cc1ccc(Cl)s1)C1CCOc2ccccc21. The smallest absolute Gasteiger partial charge is 0.122 e. The maximum atomic E-state index is 6.03. The predicted octanol–water partition coefficient (Wildman–Crippen LogP) is 4.10. The number of benzene rings is 1. The molecule has 0 fully saturated rings. The maximum Gasteiger partial charge on any atom is 0.122 e. The van der Waals surface area contributed by atoms with Gasteiger partial charge in [-0.3, -0.25) is 0 Å². The number of nitrogens with one attached hydrogen (secondary N) is 1. The van der Waals surface area contributed by atoms with E-state index in [2.05, 4.69) is 29.6 Å². The Morgan fingerprint density at radius 1 is 1.35 bits per heavy atom. The molecule has 1 N–H and O–H groups in total. The fourth-order valence-electron chi connectivity index (χ4n) is 2.91. The lowest BCUT2D eigenvalue weighted by Crippen LogP contribution is -2.36. The second kappa shape index (κ2) is 6.17. The van der Waals surface area contributed by atoms with Gasteiger partial charge < -0.3 is 10.1 Å². The lowest BCUT2D eigenvalue weighted by molar-refractivity contribution is 0.247. The van der Waals surface area contributed by atoms with Crippen LogP contribution in [-0.4, -0.2) is 19.7 Å². The summed E-state index contributed by atoms with van der Waals surface area (Å²) in [5.74, 6) is 1.53. The Bertz CT molecular complexity index is 583. The van der Waals surface area contributed by atoms with Crippen LogP contribution >= 0.6 is 22.9 Å². The van der Waals surface area contributed by atoms with E-state index in [-0.39, 0.29) is 0 Å². The fraction of sp³-hybridized carbons (Fsp3) is 0.375. The Kier molecular flexibility index (Phi) is 4.29. The van der Waals surface area contributed by atoms with Crippen molar-refractivity contribution in [3.63, 3.8) is 0 Å². The summed E-state index contributed by atoms with van der Waals surface area (Å²) >= 11 is 7.70. The van der Waals surface area contributed by atoms with E-state index in [1.54, 1.807) is 11.3 Å². The van der Waals surface area contributed by atoms with E-state index in [0.717, 1.165) is 29.5 Å². The Hall–Kier alpha value is -1.03. The van der Waals surface area contributed by atoms with Crippen LogP contribution in [0, 0.1) is 0 Å². The van der Waals surface area contributed by atoms with Gasteiger partial charge in [-0.15, -0.1) is 11.3 Å². The van der Waals surface area contributed by atoms with Crippen LogP contribution in [0.2, 0.25) is 4.34 Å². The topological polar surface area (TPSA) is 21.3 Å². The Balaban J connectivity index is 1.83. The molecule has 2 aromatic rings. The van der Waals surface area contributed by atoms with Crippen LogP contribution in [-0.2, 0) is 6.42 Å². The molecule has 1 aromatic heterocycles. The van der Waals surface area contributed by atoms with Crippen LogP contribution in [0.3, 0.4) is 0 Å². The summed E-state index contributed by atoms with van der Waals surface area (Å²) < 4.78 is 6.62. The number of likely N-dealkylation sites (N-methyl/N-ethyl adjacent to an activating group) is 1. The van der Waals surface area contributed by atoms with E-state index in [4.69, 9.17) is 16.3 Å². The molecule has 2 heterocycles. The molecule has 0 saturated carbocycles. The van der Waals surface area contributed by atoms with Crippen LogP contribution < -0.4 is 10.1 Å². The average Bonchev–Trinajstić information content (AvgIpc) is 2.89. The van der Waals surface area contributed by atoms with Gasteiger partial charge in [-0.2, -0.15) is 0 Å². The Labute approximate surface area is 128 Å². The van der Waals surface area contributed by atoms with Crippen LogP contribution in [0.25, 0.3) is 0 Å². The number of fused-ring (bicyclic) bond motifs is 1. The Morgan fingerprint density at radius 2 is 2.20 bits per heavy atom. The third-order valence-electron chi connectivity index (χ3n) is 3.91. The first-order valence-corrected chi connectivity index (χ1v) is 8.10. The first-order chi connectivity index (χ1) is 9.78. The molecule has 1 aliphatic heterocycles. The summed E-state index contributed by atoms with van der Waals surface area (Å²) in [6.45, 7) is 0.797. The second-order valence-corrected chi connectivity index (χ2v) is 6.89. The third kappa shape index (κ3) is 2.85. The van der Waals surface area contributed by atoms with Gasteiger partial charge in [0.05, 0.1) is 10.9 Å². The van der Waals surface area contributed by atoms with Crippen LogP contribution in [0.5, 0.6) is 5.75 Å². The number of hydrogen-bond acceptors (Lipinski definition) is 3. The van der Waals surface area contributed by atoms with Crippen LogP contribution in [0.4, 0.5) is 0 Å². The minimum Gasteiger partial charge on any atom is -0.493 e. The quantitative estimate of drug-likeness (QED) is 0.918. The van der Waals surface area contributed by atoms with E-state index in [1.807, 2.05) is 19.2 Å². The molecule has 0 amide bonds. The zero-order valence-corrected chi connectivity index (χ0v) is 13.0. The second-order valence-electron chi connectivity index (χ2n) is 5.09. The van der Waals surface area contributed by atoms with Crippen molar-refractivity contribution in [1.29, 1.82) is 0 Å². The normalized spacial score (nSPS) is 19.2. The molecule has 1 aromatic carbocycles. The first kappa shape index (κ1) is 13.9. The molecule has 2 unspecified atom stereocenters. The first-order valence-electron chi connectivity index (χ1n) is 6.91. The summed E-state index contributed by atoms with van der Waals surface area (Å²) in [6, 6.07) is 12.9. The highest BCUT2D eigenvalue weighted by Gasteiger charge is 2.28. The van der Waals surface area contributed by atoms with E-state index in [0.29, 0.717) is 12.0 Å². The number of rotatable bonds is 4. The molecule has 0 spiro atoms. The third-order valence-corrected chi connectivity index (χ3v) is 5.16. The van der Waals surface area contributed by atoms with Gasteiger partial charge in [-0.1, -0.05) is 29.8 Å². The molecule has 106 valence electrons. The standard InChI is InChI=1S/C16H18ClNOS/c1-18-14(10-11-6-7-16(17)20-11)12-8-9-19-15-5-3-2-4-13(12)15/h2-7,12,14,18H,8-10H2,1H3. The molecule has 0 saturated heterocycles. The van der Waals surface area contributed by atoms with Crippen molar-refractivity contribution in [3.8, 4) is 5.75 Å². The number of thiophene rings is 1. The predicted molar refractivity (Wildman–Crippen MR) is 85.2 cm³/mol. The minimum atomic E-state index is 0.412. The van der Waals surface area contributed by atoms with E-state index >= 15 is 0 Å². The summed E-state index contributed by atoms with van der Waals surface area (Å²) in [7, 11) is 2.04. The lowest BCUT2D eigenvalue weighted by atomic mass is 9.85. The number of ether oxygens (including phenoxy) is 1. The van der Waals surface area contributed by atoms with Crippen molar-refractivity contribution in [2.45, 2.75) is 24.8 Å². The molecule has 1 aliphatic rings. The molecule has 4 heteroatoms. The van der Waals surface area contributed by atoms with Gasteiger partial charge in [0.2, 0.25) is 0 Å². The molecule has 0 radical (unpaired) electrons. The van der Waals surface area contributed by atoms with Gasteiger partial charge in [0.25, 0.3) is 0 Å². The number of para-hydroxylation sites is 1. The van der Waals surface area contributed by atoms with Gasteiger partial charge in [-0.05, 0) is 43.7 Å². The highest BCUT2D eigenvalue weighted by molar-refractivity contribution is 7.16. The van der Waals surface area contributed by atoms with E-state index in [1.165, 1.54) is 10.4 Å². The molecule has 3 rings (SSSR count). The van der Waals surface area contributed by atoms with Crippen molar-refractivity contribution in [1.82, 2.24) is 5.32 Å². The molecular formula is C16H18ClNOS. The molecule has 0 bridgehead atoms. The van der Waals surface area contributed by atoms with Crippen molar-refractivity contribution < 1.29 is 4.74 Å². The zero-order chi connectivity index (χ0) is 13.9. The van der Waals surface area contributed by atoms with Crippen molar-refractivity contribution in [3.05, 3.63) is 51.2 Å². The molecule has 0 aliphatic carbocycles. The molecule has 2 atom stereocenters. The van der Waals surface area contributed by atoms with Crippen molar-refractivity contribution >= 4 is 22.9 Å².